The van der Waals surface area contributed by atoms with Crippen LogP contribution in [-0.2, 0) is 12.8 Å². The molecular weight excluding hydrogens is 160 g/mol. The highest BCUT2D eigenvalue weighted by atomic mass is 14.8. The summed E-state index contributed by atoms with van der Waals surface area (Å²) >= 11 is 0. The third kappa shape index (κ3) is 1.53. The minimum Gasteiger partial charge on any atom is -0.388 e. The largest absolute Gasteiger partial charge is 0.388 e. The molecular formula is C11H16N2. The van der Waals surface area contributed by atoms with Gasteiger partial charge in [-0.25, -0.2) is 0 Å². The Morgan fingerprint density at radius 1 is 1.31 bits per heavy atom. The molecule has 0 amide bonds. The Kier molecular flexibility index (Phi) is 2.21. The van der Waals surface area contributed by atoms with E-state index in [1.807, 2.05) is 7.05 Å². The first-order chi connectivity index (χ1) is 6.31. The van der Waals surface area contributed by atoms with Crippen LogP contribution in [0.25, 0.3) is 0 Å². The number of rotatable bonds is 1. The third-order valence-corrected chi connectivity index (χ3v) is 2.70. The Labute approximate surface area is 79.4 Å². The lowest BCUT2D eigenvalue weighted by Crippen LogP contribution is -2.09. The third-order valence-electron chi connectivity index (χ3n) is 2.70. The van der Waals surface area contributed by atoms with Crippen LogP contribution in [0.4, 0.5) is 5.69 Å². The van der Waals surface area contributed by atoms with Crippen molar-refractivity contribution in [1.29, 1.82) is 0 Å². The van der Waals surface area contributed by atoms with E-state index in [9.17, 15) is 0 Å². The number of nitrogens with one attached hydrogen (secondary N) is 1. The molecule has 70 valence electrons. The number of aryl methyl sites for hydroxylation is 2. The van der Waals surface area contributed by atoms with Gasteiger partial charge in [-0.15, -0.1) is 0 Å². The predicted molar refractivity (Wildman–Crippen MR) is 55.2 cm³/mol. The molecule has 1 N–H and O–H groups in total. The fourth-order valence-corrected chi connectivity index (χ4v) is 2.07. The number of hydrogen-bond acceptors (Lipinski definition) is 2. The minimum atomic E-state index is 1.13. The van der Waals surface area contributed by atoms with E-state index < -0.39 is 0 Å². The molecule has 1 aliphatic carbocycles. The highest BCUT2D eigenvalue weighted by molar-refractivity contribution is 5.54. The number of pyridine rings is 1. The maximum atomic E-state index is 4.58. The molecule has 2 nitrogen and oxygen atoms in total. The second kappa shape index (κ2) is 3.36. The second-order valence-corrected chi connectivity index (χ2v) is 3.69. The van der Waals surface area contributed by atoms with Crippen LogP contribution in [0.2, 0.25) is 0 Å². The molecule has 0 spiro atoms. The fourth-order valence-electron chi connectivity index (χ4n) is 2.07. The number of aromatic nitrogens is 1. The van der Waals surface area contributed by atoms with Crippen LogP contribution in [-0.4, -0.2) is 12.0 Å². The summed E-state index contributed by atoms with van der Waals surface area (Å²) in [4.78, 5) is 4.58. The Morgan fingerprint density at radius 2 is 2.08 bits per heavy atom. The summed E-state index contributed by atoms with van der Waals surface area (Å²) in [5.74, 6) is 0. The number of fused-ring (bicyclic) bond motifs is 1. The van der Waals surface area contributed by atoms with Gasteiger partial charge in [-0.2, -0.15) is 0 Å². The van der Waals surface area contributed by atoms with Gasteiger partial charge in [0.15, 0.2) is 0 Å². The van der Waals surface area contributed by atoms with Crippen LogP contribution >= 0.6 is 0 Å². The Hall–Kier alpha value is -1.05. The monoisotopic (exact) mass is 176 g/mol. The van der Waals surface area contributed by atoms with Crippen molar-refractivity contribution in [2.24, 2.45) is 0 Å². The van der Waals surface area contributed by atoms with E-state index in [0.29, 0.717) is 0 Å². The quantitative estimate of drug-likeness (QED) is 0.710. The summed E-state index contributed by atoms with van der Waals surface area (Å²) < 4.78 is 0. The van der Waals surface area contributed by atoms with Crippen LogP contribution in [0.5, 0.6) is 0 Å². The number of hydrogen-bond donors (Lipinski definition) is 1. The molecule has 2 rings (SSSR count). The number of nitrogens with zero attached hydrogens (tertiary/aromatic N) is 1. The summed E-state index contributed by atoms with van der Waals surface area (Å²) in [6.45, 7) is 2.07. The zero-order valence-corrected chi connectivity index (χ0v) is 8.35. The standard InChI is InChI=1S/C11H16N2/c1-8-7-11(12-2)9-5-3-4-6-10(9)13-8/h7H,3-6H2,1-2H3,(H,12,13). The first-order valence-electron chi connectivity index (χ1n) is 4.98. The van der Waals surface area contributed by atoms with Crippen molar-refractivity contribution in [2.75, 3.05) is 12.4 Å². The molecule has 1 aromatic rings. The Bertz CT molecular complexity index is 301. The molecule has 0 atom stereocenters. The van der Waals surface area contributed by atoms with E-state index in [1.54, 1.807) is 0 Å². The van der Waals surface area contributed by atoms with Crippen molar-refractivity contribution in [3.63, 3.8) is 0 Å². The molecule has 0 saturated carbocycles. The molecule has 0 fully saturated rings. The van der Waals surface area contributed by atoms with E-state index in [1.165, 1.54) is 36.2 Å². The van der Waals surface area contributed by atoms with Crippen molar-refractivity contribution < 1.29 is 0 Å². The maximum Gasteiger partial charge on any atom is 0.0459 e. The smallest absolute Gasteiger partial charge is 0.0459 e. The van der Waals surface area contributed by atoms with Gasteiger partial charge in [-0.3, -0.25) is 4.98 Å². The Morgan fingerprint density at radius 3 is 2.85 bits per heavy atom. The van der Waals surface area contributed by atoms with Crippen molar-refractivity contribution in [1.82, 2.24) is 4.98 Å². The van der Waals surface area contributed by atoms with Gasteiger partial charge in [0, 0.05) is 24.1 Å². The zero-order valence-electron chi connectivity index (χ0n) is 8.35. The van der Waals surface area contributed by atoms with E-state index >= 15 is 0 Å². The van der Waals surface area contributed by atoms with Crippen molar-refractivity contribution >= 4 is 5.69 Å². The topological polar surface area (TPSA) is 24.9 Å². The van der Waals surface area contributed by atoms with E-state index in [0.717, 1.165) is 12.1 Å². The molecule has 1 aliphatic rings. The molecule has 13 heavy (non-hydrogen) atoms. The van der Waals surface area contributed by atoms with Crippen molar-refractivity contribution in [3.8, 4) is 0 Å². The highest BCUT2D eigenvalue weighted by Gasteiger charge is 2.14. The molecule has 0 aromatic carbocycles. The van der Waals surface area contributed by atoms with Gasteiger partial charge in [0.1, 0.15) is 0 Å². The summed E-state index contributed by atoms with van der Waals surface area (Å²) in [5, 5.41) is 3.26. The SMILES string of the molecule is CNc1cc(C)nc2c1CCCC2. The van der Waals surface area contributed by atoms with Gasteiger partial charge in [0.05, 0.1) is 0 Å². The maximum absolute atomic E-state index is 4.58. The van der Waals surface area contributed by atoms with Crippen LogP contribution in [0.1, 0.15) is 29.8 Å². The lowest BCUT2D eigenvalue weighted by Gasteiger charge is -2.18. The average Bonchev–Trinajstić information content (AvgIpc) is 2.16. The van der Waals surface area contributed by atoms with Gasteiger partial charge in [0.2, 0.25) is 0 Å². The summed E-state index contributed by atoms with van der Waals surface area (Å²) in [6, 6.07) is 2.14. The van der Waals surface area contributed by atoms with Gasteiger partial charge < -0.3 is 5.32 Å². The van der Waals surface area contributed by atoms with Gasteiger partial charge in [-0.05, 0) is 44.2 Å². The summed E-state index contributed by atoms with van der Waals surface area (Å²) in [7, 11) is 1.99. The number of anilines is 1. The zero-order chi connectivity index (χ0) is 9.26. The molecule has 2 heteroatoms. The molecule has 1 aromatic heterocycles. The van der Waals surface area contributed by atoms with Gasteiger partial charge in [0.25, 0.3) is 0 Å². The molecule has 0 aliphatic heterocycles. The predicted octanol–water partition coefficient (Wildman–Crippen LogP) is 2.31. The fraction of sp³-hybridized carbons (Fsp3) is 0.545. The summed E-state index contributed by atoms with van der Waals surface area (Å²) in [6.07, 6.45) is 4.96. The van der Waals surface area contributed by atoms with Crippen molar-refractivity contribution in [3.05, 3.63) is 23.0 Å². The summed E-state index contributed by atoms with van der Waals surface area (Å²) in [5.41, 5.74) is 5.17. The molecule has 0 radical (unpaired) electrons. The first kappa shape index (κ1) is 8.54. The van der Waals surface area contributed by atoms with Gasteiger partial charge in [-0.1, -0.05) is 0 Å². The Balaban J connectivity index is 2.50. The second-order valence-electron chi connectivity index (χ2n) is 3.69. The van der Waals surface area contributed by atoms with Crippen LogP contribution in [0, 0.1) is 6.92 Å². The normalized spacial score (nSPS) is 15.2. The van der Waals surface area contributed by atoms with Gasteiger partial charge >= 0.3 is 0 Å². The van der Waals surface area contributed by atoms with E-state index in [4.69, 9.17) is 0 Å². The highest BCUT2D eigenvalue weighted by Crippen LogP contribution is 2.26. The van der Waals surface area contributed by atoms with Crippen LogP contribution in [0.15, 0.2) is 6.07 Å². The van der Waals surface area contributed by atoms with Crippen LogP contribution in [0.3, 0.4) is 0 Å². The first-order valence-corrected chi connectivity index (χ1v) is 4.98. The molecule has 0 saturated heterocycles. The molecule has 0 bridgehead atoms. The van der Waals surface area contributed by atoms with Crippen LogP contribution < -0.4 is 5.32 Å². The van der Waals surface area contributed by atoms with E-state index in [2.05, 4.69) is 23.3 Å². The molecule has 1 heterocycles. The molecule has 0 unspecified atom stereocenters. The minimum absolute atomic E-state index is 1.13. The van der Waals surface area contributed by atoms with E-state index in [-0.39, 0.29) is 0 Å². The lowest BCUT2D eigenvalue weighted by atomic mass is 9.94. The lowest BCUT2D eigenvalue weighted by molar-refractivity contribution is 0.667. The van der Waals surface area contributed by atoms with Crippen molar-refractivity contribution in [2.45, 2.75) is 32.6 Å². The average molecular weight is 176 g/mol.